The average molecular weight is 846 g/mol. The van der Waals surface area contributed by atoms with Crippen molar-refractivity contribution in [1.29, 1.82) is 0 Å². The molecule has 2 saturated carbocycles. The molecular weight excluding hydrogens is 801 g/mol. The zero-order valence-electron chi connectivity index (χ0n) is 34.7. The topological polar surface area (TPSA) is 38.9 Å². The number of furan rings is 1. The Bertz CT molecular complexity index is 2690. The normalized spacial score (nSPS) is 21.7. The van der Waals surface area contributed by atoms with E-state index >= 15 is 0 Å². The van der Waals surface area contributed by atoms with Gasteiger partial charge in [-0.2, -0.15) is 0 Å². The van der Waals surface area contributed by atoms with E-state index in [1.54, 1.807) is 12.1 Å². The maximum Gasteiger partial charge on any atom is 0.128 e. The van der Waals surface area contributed by atoms with Crippen LogP contribution in [0, 0.1) is 37.7 Å². The second kappa shape index (κ2) is 14.0. The molecule has 5 aromatic carbocycles. The van der Waals surface area contributed by atoms with E-state index < -0.39 is 19.6 Å². The van der Waals surface area contributed by atoms with Crippen molar-refractivity contribution in [3.05, 3.63) is 156 Å². The van der Waals surface area contributed by atoms with Gasteiger partial charge in [0, 0.05) is 52.9 Å². The first-order valence-electron chi connectivity index (χ1n) is 20.7. The van der Waals surface area contributed by atoms with Crippen LogP contribution in [0.5, 0.6) is 0 Å². The van der Waals surface area contributed by atoms with E-state index in [1.165, 1.54) is 54.6 Å². The van der Waals surface area contributed by atoms with Crippen LogP contribution in [0.25, 0.3) is 66.4 Å². The summed E-state index contributed by atoms with van der Waals surface area (Å²) in [5, 5.41) is 4.48. The average Bonchev–Trinajstić information content (AvgIpc) is 3.94. The quantitative estimate of drug-likeness (QED) is 0.166. The van der Waals surface area contributed by atoms with Gasteiger partial charge in [0.2, 0.25) is 0 Å². The largest absolute Gasteiger partial charge is 0.500 e. The van der Waals surface area contributed by atoms with Crippen LogP contribution in [-0.4, -0.2) is 9.97 Å². The molecule has 3 atom stereocenters. The Morgan fingerprint density at radius 3 is 2.35 bits per heavy atom. The molecule has 0 amide bonds. The van der Waals surface area contributed by atoms with E-state index in [1.807, 2.05) is 12.3 Å². The molecule has 51 heavy (non-hydrogen) atoms. The molecule has 2 fully saturated rings. The molecule has 253 valence electrons. The fourth-order valence-electron chi connectivity index (χ4n) is 7.83. The van der Waals surface area contributed by atoms with E-state index in [4.69, 9.17) is 17.6 Å². The van der Waals surface area contributed by atoms with Gasteiger partial charge in [0.1, 0.15) is 5.58 Å². The van der Waals surface area contributed by atoms with E-state index in [-0.39, 0.29) is 31.2 Å². The Morgan fingerprint density at radius 2 is 1.59 bits per heavy atom. The number of pyridine rings is 2. The molecule has 0 aliphatic heterocycles. The molecular formula is C47H38IrN2O-2. The van der Waals surface area contributed by atoms with E-state index in [9.17, 15) is 1.37 Å². The Labute approximate surface area is 323 Å². The fraction of sp³-hybridized carbons (Fsp3) is 0.191. The minimum Gasteiger partial charge on any atom is -0.500 e. The van der Waals surface area contributed by atoms with Gasteiger partial charge < -0.3 is 14.4 Å². The van der Waals surface area contributed by atoms with Crippen molar-refractivity contribution in [3.8, 4) is 33.6 Å². The number of aryl methyl sites for hydroxylation is 2. The zero-order chi connectivity index (χ0) is 39.5. The summed E-state index contributed by atoms with van der Waals surface area (Å²) in [7, 11) is 0. The van der Waals surface area contributed by atoms with Crippen LogP contribution >= 0.6 is 0 Å². The molecule has 3 aromatic heterocycles. The monoisotopic (exact) mass is 846 g/mol. The van der Waals surface area contributed by atoms with E-state index in [0.29, 0.717) is 17.2 Å². The molecule has 0 spiro atoms. The molecule has 2 bridgehead atoms. The molecule has 8 aromatic rings. The van der Waals surface area contributed by atoms with Gasteiger partial charge >= 0.3 is 0 Å². The predicted octanol–water partition coefficient (Wildman–Crippen LogP) is 12.3. The van der Waals surface area contributed by atoms with Crippen molar-refractivity contribution in [2.75, 3.05) is 0 Å². The summed E-state index contributed by atoms with van der Waals surface area (Å²) in [5.41, 5.74) is 8.42. The van der Waals surface area contributed by atoms with Gasteiger partial charge in [0.25, 0.3) is 0 Å². The van der Waals surface area contributed by atoms with Crippen molar-refractivity contribution >= 4 is 32.7 Å². The third-order valence-corrected chi connectivity index (χ3v) is 10.3. The first-order valence-corrected chi connectivity index (χ1v) is 17.2. The van der Waals surface area contributed by atoms with Crippen LogP contribution in [0.3, 0.4) is 0 Å². The smallest absolute Gasteiger partial charge is 0.128 e. The van der Waals surface area contributed by atoms with Crippen molar-refractivity contribution in [2.45, 2.75) is 45.3 Å². The second-order valence-electron chi connectivity index (χ2n) is 13.4. The maximum absolute atomic E-state index is 9.18. The first kappa shape index (κ1) is 26.0. The third kappa shape index (κ3) is 6.44. The Balaban J connectivity index is 0.000000191. The number of benzene rings is 5. The molecule has 2 aliphatic carbocycles. The number of fused-ring (bicyclic) bond motifs is 7. The SMILES string of the molecule is [2H]C([2H])([2H])c1c[c-]c(-c2ccc(C([2H])([2H])[2H])cn2)cc1.[2H]C1(c2ccc(-c3ccnc(-c4[c-]ccc5c4oc4c6ccccc6ccc54)c3)cc2)CC2CCC1C2.[Ir]. The standard InChI is InChI=1S/C34H26NO.C13H12N.Ir/c1-2-5-27-23(4-1)14-15-29-28-6-3-7-30(34(28)36-33(27)29)32-20-25(16-17-35-32)22-10-12-24(13-11-22)31-19-21-8-9-26(31)18-21;1-10-3-6-12(7-4-10)13-8-5-11(2)9-14-13;/h1-6,10-17,20-21,26,31H,8-9,18-19H2;3-6,8-9H,1-2H3;/q2*-1;/i31D;1D3,2D3;. The summed E-state index contributed by atoms with van der Waals surface area (Å²) in [4.78, 5) is 8.79. The molecule has 3 nitrogen and oxygen atoms in total. The molecule has 4 heteroatoms. The Hall–Kier alpha value is -4.89. The summed E-state index contributed by atoms with van der Waals surface area (Å²) < 4.78 is 59.3. The molecule has 3 heterocycles. The minimum atomic E-state index is -2.18. The molecule has 1 radical (unpaired) electrons. The number of nitrogens with zero attached hydrogens (tertiary/aromatic N) is 2. The zero-order valence-corrected chi connectivity index (χ0v) is 30.1. The van der Waals surface area contributed by atoms with E-state index in [0.717, 1.165) is 62.0 Å². The van der Waals surface area contributed by atoms with Crippen LogP contribution in [-0.2, 0) is 20.1 Å². The van der Waals surface area contributed by atoms with Gasteiger partial charge in [-0.3, -0.25) is 0 Å². The van der Waals surface area contributed by atoms with Crippen molar-refractivity contribution < 1.29 is 34.1 Å². The van der Waals surface area contributed by atoms with Crippen molar-refractivity contribution in [3.63, 3.8) is 0 Å². The Morgan fingerprint density at radius 1 is 0.725 bits per heavy atom. The summed E-state index contributed by atoms with van der Waals surface area (Å²) in [5.74, 6) is 0.869. The Kier molecular flexibility index (Phi) is 7.14. The summed E-state index contributed by atoms with van der Waals surface area (Å²) >= 11 is 0. The van der Waals surface area contributed by atoms with Crippen LogP contribution in [0.15, 0.2) is 132 Å². The van der Waals surface area contributed by atoms with Gasteiger partial charge in [0.05, 0.1) is 5.58 Å². The van der Waals surface area contributed by atoms with Crippen LogP contribution in [0.2, 0.25) is 0 Å². The van der Waals surface area contributed by atoms with Crippen molar-refractivity contribution in [1.82, 2.24) is 9.97 Å². The molecule has 2 aliphatic rings. The van der Waals surface area contributed by atoms with Gasteiger partial charge in [-0.1, -0.05) is 103 Å². The van der Waals surface area contributed by atoms with Crippen LogP contribution < -0.4 is 0 Å². The predicted molar refractivity (Wildman–Crippen MR) is 205 cm³/mol. The fourth-order valence-corrected chi connectivity index (χ4v) is 7.83. The number of aromatic nitrogens is 2. The second-order valence-corrected chi connectivity index (χ2v) is 13.4. The van der Waals surface area contributed by atoms with Crippen LogP contribution in [0.4, 0.5) is 0 Å². The van der Waals surface area contributed by atoms with Crippen LogP contribution in [0.1, 0.15) is 57.9 Å². The molecule has 10 rings (SSSR count). The van der Waals surface area contributed by atoms with Gasteiger partial charge in [0.15, 0.2) is 0 Å². The van der Waals surface area contributed by atoms with Gasteiger partial charge in [-0.25, -0.2) is 0 Å². The number of hydrogen-bond donors (Lipinski definition) is 0. The molecule has 3 unspecified atom stereocenters. The summed E-state index contributed by atoms with van der Waals surface area (Å²) in [6.45, 7) is -4.34. The van der Waals surface area contributed by atoms with Gasteiger partial charge in [-0.05, 0) is 88.9 Å². The number of rotatable bonds is 4. The summed E-state index contributed by atoms with van der Waals surface area (Å²) in [6.07, 6.45) is 7.94. The minimum absolute atomic E-state index is 0. The molecule has 0 N–H and O–H groups in total. The maximum atomic E-state index is 9.18. The molecule has 0 saturated heterocycles. The van der Waals surface area contributed by atoms with E-state index in [2.05, 4.69) is 96.0 Å². The first-order chi connectivity index (χ1) is 27.3. The van der Waals surface area contributed by atoms with Gasteiger partial charge in [-0.15, -0.1) is 53.6 Å². The summed E-state index contributed by atoms with van der Waals surface area (Å²) in [6, 6.07) is 43.4. The number of hydrogen-bond acceptors (Lipinski definition) is 3. The third-order valence-electron chi connectivity index (χ3n) is 10.3. The van der Waals surface area contributed by atoms with Crippen molar-refractivity contribution in [2.24, 2.45) is 11.8 Å².